The number of fused-ring (bicyclic) bond motifs is 1. The molecule has 1 unspecified atom stereocenters. The number of methoxy groups -OCH3 is 2. The van der Waals surface area contributed by atoms with Crippen molar-refractivity contribution >= 4 is 22.6 Å². The Morgan fingerprint density at radius 1 is 1.05 bits per heavy atom. The Balaban J connectivity index is 1.80. The molecule has 1 N–H and O–H groups in total. The highest BCUT2D eigenvalue weighted by Crippen LogP contribution is 2.25. The SMILES string of the molecule is CCc1ccc(-n2c(C(C)N(CCOC)C(=O)Nc3cccc(OC)c3)nc3ccccc3c2=O)cc1. The zero-order chi connectivity index (χ0) is 26.4. The van der Waals surface area contributed by atoms with Crippen LogP contribution in [0.4, 0.5) is 10.5 Å². The largest absolute Gasteiger partial charge is 0.497 e. The number of hydrogen-bond acceptors (Lipinski definition) is 5. The Kier molecular flexibility index (Phi) is 8.20. The van der Waals surface area contributed by atoms with E-state index in [-0.39, 0.29) is 11.6 Å². The molecule has 192 valence electrons. The molecule has 0 radical (unpaired) electrons. The Hall–Kier alpha value is -4.17. The highest BCUT2D eigenvalue weighted by atomic mass is 16.5. The number of aromatic nitrogens is 2. The van der Waals surface area contributed by atoms with Gasteiger partial charge in [0, 0.05) is 25.4 Å². The lowest BCUT2D eigenvalue weighted by molar-refractivity contribution is 0.137. The molecule has 0 aliphatic heterocycles. The van der Waals surface area contributed by atoms with Crippen molar-refractivity contribution in [3.63, 3.8) is 0 Å². The number of rotatable bonds is 9. The summed E-state index contributed by atoms with van der Waals surface area (Å²) in [6.07, 6.45) is 0.893. The third-order valence-corrected chi connectivity index (χ3v) is 6.36. The number of ether oxygens (including phenoxy) is 2. The van der Waals surface area contributed by atoms with Gasteiger partial charge in [-0.05, 0) is 55.3 Å². The highest BCUT2D eigenvalue weighted by molar-refractivity contribution is 5.90. The van der Waals surface area contributed by atoms with Crippen molar-refractivity contribution in [2.24, 2.45) is 0 Å². The predicted octanol–water partition coefficient (Wildman–Crippen LogP) is 5.20. The van der Waals surface area contributed by atoms with Gasteiger partial charge in [-0.3, -0.25) is 9.36 Å². The molecule has 0 saturated heterocycles. The zero-order valence-corrected chi connectivity index (χ0v) is 21.6. The molecule has 0 spiro atoms. The van der Waals surface area contributed by atoms with Gasteiger partial charge in [-0.25, -0.2) is 9.78 Å². The molecule has 8 heteroatoms. The lowest BCUT2D eigenvalue weighted by Crippen LogP contribution is -2.41. The molecular weight excluding hydrogens is 468 g/mol. The molecule has 4 rings (SSSR count). The molecule has 3 aromatic carbocycles. The number of carbonyl (C=O) groups excluding carboxylic acids is 1. The first kappa shape index (κ1) is 25.9. The number of hydrogen-bond donors (Lipinski definition) is 1. The number of para-hydroxylation sites is 1. The Bertz CT molecular complexity index is 1430. The third-order valence-electron chi connectivity index (χ3n) is 6.36. The van der Waals surface area contributed by atoms with Gasteiger partial charge in [-0.1, -0.05) is 37.3 Å². The molecule has 0 saturated carbocycles. The monoisotopic (exact) mass is 500 g/mol. The average molecular weight is 501 g/mol. The van der Waals surface area contributed by atoms with Crippen molar-refractivity contribution in [3.8, 4) is 11.4 Å². The van der Waals surface area contributed by atoms with Crippen LogP contribution >= 0.6 is 0 Å². The van der Waals surface area contributed by atoms with Crippen LogP contribution in [0.5, 0.6) is 5.75 Å². The molecule has 0 fully saturated rings. The molecule has 37 heavy (non-hydrogen) atoms. The third kappa shape index (κ3) is 5.65. The van der Waals surface area contributed by atoms with Crippen LogP contribution in [0, 0.1) is 0 Å². The first-order chi connectivity index (χ1) is 18.0. The summed E-state index contributed by atoms with van der Waals surface area (Å²) in [4.78, 5) is 33.8. The van der Waals surface area contributed by atoms with E-state index in [2.05, 4.69) is 12.2 Å². The topological polar surface area (TPSA) is 85.7 Å². The van der Waals surface area contributed by atoms with Crippen LogP contribution in [0.3, 0.4) is 0 Å². The van der Waals surface area contributed by atoms with Gasteiger partial charge in [0.25, 0.3) is 5.56 Å². The van der Waals surface area contributed by atoms with E-state index >= 15 is 0 Å². The van der Waals surface area contributed by atoms with Crippen LogP contribution in [-0.2, 0) is 11.2 Å². The van der Waals surface area contributed by atoms with Gasteiger partial charge in [0.2, 0.25) is 0 Å². The number of aryl methyl sites for hydroxylation is 1. The maximum Gasteiger partial charge on any atom is 0.322 e. The average Bonchev–Trinajstić information content (AvgIpc) is 2.93. The minimum absolute atomic E-state index is 0.184. The molecule has 1 atom stereocenters. The molecule has 0 aliphatic rings. The van der Waals surface area contributed by atoms with Gasteiger partial charge < -0.3 is 19.7 Å². The van der Waals surface area contributed by atoms with E-state index in [0.29, 0.717) is 47.0 Å². The van der Waals surface area contributed by atoms with Gasteiger partial charge in [-0.2, -0.15) is 0 Å². The Labute approximate surface area is 216 Å². The smallest absolute Gasteiger partial charge is 0.322 e. The molecule has 0 bridgehead atoms. The first-order valence-electron chi connectivity index (χ1n) is 12.3. The summed E-state index contributed by atoms with van der Waals surface area (Å²) in [5.74, 6) is 1.10. The summed E-state index contributed by atoms with van der Waals surface area (Å²) in [7, 11) is 3.16. The van der Waals surface area contributed by atoms with Gasteiger partial charge in [0.1, 0.15) is 11.6 Å². The van der Waals surface area contributed by atoms with Crippen molar-refractivity contribution in [1.82, 2.24) is 14.5 Å². The number of nitrogens with one attached hydrogen (secondary N) is 1. The number of carbonyl (C=O) groups is 1. The number of nitrogens with zero attached hydrogens (tertiary/aromatic N) is 3. The number of urea groups is 1. The fourth-order valence-corrected chi connectivity index (χ4v) is 4.26. The first-order valence-corrected chi connectivity index (χ1v) is 12.3. The second kappa shape index (κ2) is 11.7. The number of anilines is 1. The van der Waals surface area contributed by atoms with Gasteiger partial charge in [0.15, 0.2) is 0 Å². The van der Waals surface area contributed by atoms with E-state index in [1.54, 1.807) is 48.0 Å². The maximum atomic E-state index is 13.7. The zero-order valence-electron chi connectivity index (χ0n) is 21.6. The standard InChI is InChI=1S/C29H32N4O4/c1-5-21-13-15-23(16-14-21)33-27(31-26-12-7-6-11-25(26)28(33)34)20(2)32(17-18-36-3)29(35)30-22-9-8-10-24(19-22)37-4/h6-16,19-20H,5,17-18H2,1-4H3,(H,30,35). The van der Waals surface area contributed by atoms with E-state index in [1.807, 2.05) is 55.5 Å². The second-order valence-electron chi connectivity index (χ2n) is 8.67. The van der Waals surface area contributed by atoms with Crippen molar-refractivity contribution in [2.75, 3.05) is 32.7 Å². The highest BCUT2D eigenvalue weighted by Gasteiger charge is 2.27. The predicted molar refractivity (Wildman–Crippen MR) is 146 cm³/mol. The van der Waals surface area contributed by atoms with Crippen molar-refractivity contribution in [2.45, 2.75) is 26.3 Å². The quantitative estimate of drug-likeness (QED) is 0.342. The van der Waals surface area contributed by atoms with E-state index in [1.165, 1.54) is 5.56 Å². The lowest BCUT2D eigenvalue weighted by atomic mass is 10.1. The fourth-order valence-electron chi connectivity index (χ4n) is 4.26. The summed E-state index contributed by atoms with van der Waals surface area (Å²) in [6, 6.07) is 21.4. The minimum atomic E-state index is -0.552. The summed E-state index contributed by atoms with van der Waals surface area (Å²) in [5.41, 5.74) is 2.85. The fraction of sp³-hybridized carbons (Fsp3) is 0.276. The molecule has 0 aliphatic carbocycles. The van der Waals surface area contributed by atoms with E-state index in [9.17, 15) is 9.59 Å². The van der Waals surface area contributed by atoms with E-state index < -0.39 is 6.04 Å². The van der Waals surface area contributed by atoms with Crippen LogP contribution in [0.25, 0.3) is 16.6 Å². The van der Waals surface area contributed by atoms with Crippen LogP contribution in [-0.4, -0.2) is 47.9 Å². The molecule has 1 heterocycles. The van der Waals surface area contributed by atoms with Gasteiger partial charge in [0.05, 0.1) is 36.3 Å². The minimum Gasteiger partial charge on any atom is -0.497 e. The number of amides is 2. The summed E-state index contributed by atoms with van der Waals surface area (Å²) in [5, 5.41) is 3.45. The molecule has 4 aromatic rings. The summed E-state index contributed by atoms with van der Waals surface area (Å²) >= 11 is 0. The molecule has 2 amide bonds. The Morgan fingerprint density at radius 3 is 2.51 bits per heavy atom. The second-order valence-corrected chi connectivity index (χ2v) is 8.67. The molecule has 1 aromatic heterocycles. The van der Waals surface area contributed by atoms with Gasteiger partial charge >= 0.3 is 6.03 Å². The van der Waals surface area contributed by atoms with Crippen molar-refractivity contribution < 1.29 is 14.3 Å². The Morgan fingerprint density at radius 2 is 1.81 bits per heavy atom. The molecular formula is C29H32N4O4. The normalized spacial score (nSPS) is 11.8. The summed E-state index contributed by atoms with van der Waals surface area (Å²) in [6.45, 7) is 4.57. The summed E-state index contributed by atoms with van der Waals surface area (Å²) < 4.78 is 12.2. The van der Waals surface area contributed by atoms with Crippen molar-refractivity contribution in [3.05, 3.63) is 94.5 Å². The number of benzene rings is 3. The van der Waals surface area contributed by atoms with Gasteiger partial charge in [-0.15, -0.1) is 0 Å². The van der Waals surface area contributed by atoms with E-state index in [4.69, 9.17) is 14.5 Å². The lowest BCUT2D eigenvalue weighted by Gasteiger charge is -2.30. The van der Waals surface area contributed by atoms with Crippen LogP contribution < -0.4 is 15.6 Å². The van der Waals surface area contributed by atoms with Crippen molar-refractivity contribution in [1.29, 1.82) is 0 Å². The van der Waals surface area contributed by atoms with Crippen LogP contribution in [0.1, 0.15) is 31.3 Å². The van der Waals surface area contributed by atoms with Crippen LogP contribution in [0.2, 0.25) is 0 Å². The molecule has 8 nitrogen and oxygen atoms in total. The van der Waals surface area contributed by atoms with E-state index in [0.717, 1.165) is 6.42 Å². The van der Waals surface area contributed by atoms with Crippen LogP contribution in [0.15, 0.2) is 77.6 Å². The maximum absolute atomic E-state index is 13.7.